The van der Waals surface area contributed by atoms with Gasteiger partial charge in [0.2, 0.25) is 0 Å². The summed E-state index contributed by atoms with van der Waals surface area (Å²) in [5.74, 6) is -5.23. The van der Waals surface area contributed by atoms with Crippen LogP contribution in [0.1, 0.15) is 24.8 Å². The van der Waals surface area contributed by atoms with Crippen LogP contribution in [-0.4, -0.2) is 16.2 Å². The van der Waals surface area contributed by atoms with Gasteiger partial charge in [-0.25, -0.2) is 8.78 Å². The van der Waals surface area contributed by atoms with E-state index in [4.69, 9.17) is 5.11 Å². The van der Waals surface area contributed by atoms with Crippen LogP contribution in [-0.2, 0) is 10.7 Å². The molecule has 92 valence electrons. The zero-order chi connectivity index (χ0) is 12.7. The number of alkyl halides is 2. The van der Waals surface area contributed by atoms with Crippen LogP contribution in [0.25, 0.3) is 0 Å². The van der Waals surface area contributed by atoms with Gasteiger partial charge in [0.1, 0.15) is 11.2 Å². The van der Waals surface area contributed by atoms with Gasteiger partial charge in [0.05, 0.1) is 0 Å². The minimum absolute atomic E-state index is 0.0367. The summed E-state index contributed by atoms with van der Waals surface area (Å²) in [4.78, 5) is 11.1. The Balaban J connectivity index is 2.45. The maximum absolute atomic E-state index is 14.2. The molecular formula is C12H12F2O3. The fraction of sp³-hybridized carbons (Fsp3) is 0.417. The molecule has 17 heavy (non-hydrogen) atoms. The first-order valence-electron chi connectivity index (χ1n) is 5.31. The van der Waals surface area contributed by atoms with Gasteiger partial charge in [0.15, 0.2) is 0 Å². The number of phenols is 1. The molecule has 1 aliphatic carbocycles. The molecule has 1 fully saturated rings. The summed E-state index contributed by atoms with van der Waals surface area (Å²) < 4.78 is 28.4. The van der Waals surface area contributed by atoms with E-state index in [9.17, 15) is 18.7 Å². The summed E-state index contributed by atoms with van der Waals surface area (Å²) in [5.41, 5.74) is -2.46. The number of carboxylic acid groups (broad SMARTS) is 1. The minimum Gasteiger partial charge on any atom is -0.508 e. The predicted molar refractivity (Wildman–Crippen MR) is 55.9 cm³/mol. The molecule has 0 aromatic heterocycles. The van der Waals surface area contributed by atoms with E-state index in [-0.39, 0.29) is 18.6 Å². The molecule has 0 unspecified atom stereocenters. The average Bonchev–Trinajstić information content (AvgIpc) is 2.14. The third kappa shape index (κ3) is 1.57. The highest BCUT2D eigenvalue weighted by Gasteiger charge is 2.63. The number of rotatable bonds is 3. The molecule has 0 saturated heterocycles. The van der Waals surface area contributed by atoms with E-state index in [0.29, 0.717) is 6.42 Å². The van der Waals surface area contributed by atoms with Crippen LogP contribution in [0, 0.1) is 5.41 Å². The van der Waals surface area contributed by atoms with Gasteiger partial charge in [-0.05, 0) is 25.0 Å². The zero-order valence-corrected chi connectivity index (χ0v) is 8.99. The maximum atomic E-state index is 14.2. The van der Waals surface area contributed by atoms with Crippen LogP contribution in [0.4, 0.5) is 8.78 Å². The zero-order valence-electron chi connectivity index (χ0n) is 8.99. The van der Waals surface area contributed by atoms with E-state index in [1.54, 1.807) is 0 Å². The van der Waals surface area contributed by atoms with Crippen molar-refractivity contribution >= 4 is 5.97 Å². The van der Waals surface area contributed by atoms with Gasteiger partial charge in [0, 0.05) is 5.56 Å². The van der Waals surface area contributed by atoms with Crippen molar-refractivity contribution in [3.8, 4) is 5.75 Å². The van der Waals surface area contributed by atoms with Gasteiger partial charge >= 0.3 is 5.97 Å². The van der Waals surface area contributed by atoms with Crippen molar-refractivity contribution in [3.05, 3.63) is 29.8 Å². The second kappa shape index (κ2) is 3.68. The highest BCUT2D eigenvalue weighted by atomic mass is 19.3. The Labute approximate surface area is 96.7 Å². The first-order valence-corrected chi connectivity index (χ1v) is 5.31. The summed E-state index contributed by atoms with van der Waals surface area (Å²) >= 11 is 0. The lowest BCUT2D eigenvalue weighted by molar-refractivity contribution is -0.201. The lowest BCUT2D eigenvalue weighted by atomic mass is 9.63. The standard InChI is InChI=1S/C12H12F2O3/c13-12(14,8-3-1-4-9(15)7-8)11(10(16)17)5-2-6-11/h1,3-4,7,15H,2,5-6H2,(H,16,17). The SMILES string of the molecule is O=C(O)C1(C(F)(F)c2cccc(O)c2)CCC1. The lowest BCUT2D eigenvalue weighted by Crippen LogP contribution is -2.50. The molecule has 0 heterocycles. The Morgan fingerprint density at radius 2 is 2.00 bits per heavy atom. The summed E-state index contributed by atoms with van der Waals surface area (Å²) in [6, 6.07) is 4.62. The van der Waals surface area contributed by atoms with Crippen molar-refractivity contribution in [2.45, 2.75) is 25.2 Å². The van der Waals surface area contributed by atoms with Crippen molar-refractivity contribution in [1.82, 2.24) is 0 Å². The third-order valence-electron chi connectivity index (χ3n) is 3.43. The fourth-order valence-corrected chi connectivity index (χ4v) is 2.17. The Kier molecular flexibility index (Phi) is 2.56. The molecule has 1 aromatic carbocycles. The molecule has 0 bridgehead atoms. The van der Waals surface area contributed by atoms with Crippen molar-refractivity contribution in [2.24, 2.45) is 5.41 Å². The summed E-state index contributed by atoms with van der Waals surface area (Å²) in [5, 5.41) is 18.2. The summed E-state index contributed by atoms with van der Waals surface area (Å²) in [6.45, 7) is 0. The number of hydrogen-bond donors (Lipinski definition) is 2. The summed E-state index contributed by atoms with van der Waals surface area (Å²) in [6.07, 6.45) is 0.413. The van der Waals surface area contributed by atoms with E-state index < -0.39 is 22.9 Å². The topological polar surface area (TPSA) is 57.5 Å². The van der Waals surface area contributed by atoms with Crippen LogP contribution in [0.3, 0.4) is 0 Å². The number of benzene rings is 1. The van der Waals surface area contributed by atoms with Crippen LogP contribution >= 0.6 is 0 Å². The van der Waals surface area contributed by atoms with Crippen molar-refractivity contribution in [2.75, 3.05) is 0 Å². The van der Waals surface area contributed by atoms with E-state index in [2.05, 4.69) is 0 Å². The van der Waals surface area contributed by atoms with E-state index >= 15 is 0 Å². The molecule has 0 aliphatic heterocycles. The largest absolute Gasteiger partial charge is 0.508 e. The van der Waals surface area contributed by atoms with E-state index in [1.807, 2.05) is 0 Å². The maximum Gasteiger partial charge on any atom is 0.316 e. The number of carboxylic acids is 1. The molecule has 0 atom stereocenters. The van der Waals surface area contributed by atoms with Gasteiger partial charge in [0.25, 0.3) is 5.92 Å². The number of aliphatic carboxylic acids is 1. The Morgan fingerprint density at radius 1 is 1.35 bits per heavy atom. The van der Waals surface area contributed by atoms with E-state index in [1.165, 1.54) is 12.1 Å². The average molecular weight is 242 g/mol. The van der Waals surface area contributed by atoms with Gasteiger partial charge in [-0.1, -0.05) is 18.6 Å². The number of halogens is 2. The first-order chi connectivity index (χ1) is 7.90. The number of hydrogen-bond acceptors (Lipinski definition) is 2. The molecule has 0 spiro atoms. The molecule has 2 rings (SSSR count). The number of phenolic OH excluding ortho intramolecular Hbond substituents is 1. The predicted octanol–water partition coefficient (Wildman–Crippen LogP) is 2.74. The third-order valence-corrected chi connectivity index (χ3v) is 3.43. The molecule has 0 amide bonds. The van der Waals surface area contributed by atoms with Crippen LogP contribution < -0.4 is 0 Å². The quantitative estimate of drug-likeness (QED) is 0.856. The van der Waals surface area contributed by atoms with Crippen LogP contribution in [0.5, 0.6) is 5.75 Å². The van der Waals surface area contributed by atoms with Gasteiger partial charge in [-0.2, -0.15) is 0 Å². The first kappa shape index (κ1) is 11.8. The van der Waals surface area contributed by atoms with Crippen molar-refractivity contribution in [1.29, 1.82) is 0 Å². The molecule has 0 radical (unpaired) electrons. The Bertz CT molecular complexity index is 453. The highest BCUT2D eigenvalue weighted by Crippen LogP contribution is 2.57. The monoisotopic (exact) mass is 242 g/mol. The smallest absolute Gasteiger partial charge is 0.316 e. The lowest BCUT2D eigenvalue weighted by Gasteiger charge is -2.43. The Hall–Kier alpha value is -1.65. The minimum atomic E-state index is -3.46. The fourth-order valence-electron chi connectivity index (χ4n) is 2.17. The molecule has 1 saturated carbocycles. The van der Waals surface area contributed by atoms with Crippen LogP contribution in [0.15, 0.2) is 24.3 Å². The second-order valence-corrected chi connectivity index (χ2v) is 4.37. The van der Waals surface area contributed by atoms with Gasteiger partial charge in [-0.3, -0.25) is 4.79 Å². The summed E-state index contributed by atoms with van der Waals surface area (Å²) in [7, 11) is 0. The van der Waals surface area contributed by atoms with Gasteiger partial charge in [-0.15, -0.1) is 0 Å². The molecule has 2 N–H and O–H groups in total. The molecule has 5 heteroatoms. The highest BCUT2D eigenvalue weighted by molar-refractivity contribution is 5.77. The van der Waals surface area contributed by atoms with Crippen molar-refractivity contribution in [3.63, 3.8) is 0 Å². The Morgan fingerprint density at radius 3 is 2.41 bits per heavy atom. The number of carbonyl (C=O) groups is 1. The van der Waals surface area contributed by atoms with Crippen molar-refractivity contribution < 1.29 is 23.8 Å². The van der Waals surface area contributed by atoms with E-state index in [0.717, 1.165) is 12.1 Å². The number of aromatic hydroxyl groups is 1. The molecule has 1 aromatic rings. The molecule has 1 aliphatic rings. The van der Waals surface area contributed by atoms with Crippen LogP contribution in [0.2, 0.25) is 0 Å². The molecular weight excluding hydrogens is 230 g/mol. The normalized spacial score (nSPS) is 18.5. The van der Waals surface area contributed by atoms with Gasteiger partial charge < -0.3 is 10.2 Å². The molecule has 3 nitrogen and oxygen atoms in total. The second-order valence-electron chi connectivity index (χ2n) is 4.37.